The second-order valence-corrected chi connectivity index (χ2v) is 5.29. The molecular formula is C14H17N3O4. The standard InChI is InChI=1S/C14H17N3O4/c1-14(2,3)21-13(18)16(10-6-9-15)11-7-4-5-8-12(11)17(19)20/h4-5,7-8H,6,10H2,1-3H3. The Balaban J connectivity index is 3.17. The Kier molecular flexibility index (Phi) is 5.24. The molecule has 0 heterocycles. The molecule has 0 aliphatic rings. The second kappa shape index (κ2) is 6.70. The Morgan fingerprint density at radius 2 is 2.05 bits per heavy atom. The highest BCUT2D eigenvalue weighted by Crippen LogP contribution is 2.29. The van der Waals surface area contributed by atoms with Crippen molar-refractivity contribution >= 4 is 17.5 Å². The third kappa shape index (κ3) is 4.76. The molecule has 0 spiro atoms. The van der Waals surface area contributed by atoms with Gasteiger partial charge in [-0.2, -0.15) is 5.26 Å². The molecule has 7 heteroatoms. The van der Waals surface area contributed by atoms with E-state index in [4.69, 9.17) is 10.00 Å². The Morgan fingerprint density at radius 1 is 1.43 bits per heavy atom. The van der Waals surface area contributed by atoms with Crippen LogP contribution in [0.4, 0.5) is 16.2 Å². The molecule has 1 amide bonds. The normalized spacial score (nSPS) is 10.6. The van der Waals surface area contributed by atoms with Crippen LogP contribution in [-0.4, -0.2) is 23.2 Å². The highest BCUT2D eigenvalue weighted by Gasteiger charge is 2.27. The van der Waals surface area contributed by atoms with Gasteiger partial charge < -0.3 is 4.74 Å². The molecule has 0 aliphatic heterocycles. The zero-order valence-corrected chi connectivity index (χ0v) is 12.2. The Morgan fingerprint density at radius 3 is 2.57 bits per heavy atom. The molecule has 1 aromatic rings. The maximum absolute atomic E-state index is 12.2. The Hall–Kier alpha value is -2.62. The zero-order valence-electron chi connectivity index (χ0n) is 12.2. The molecule has 0 radical (unpaired) electrons. The Bertz CT molecular complexity index is 572. The number of benzene rings is 1. The minimum atomic E-state index is -0.731. The maximum Gasteiger partial charge on any atom is 0.415 e. The van der Waals surface area contributed by atoms with E-state index in [1.165, 1.54) is 18.2 Å². The molecule has 0 N–H and O–H groups in total. The quantitative estimate of drug-likeness (QED) is 0.626. The fourth-order valence-corrected chi connectivity index (χ4v) is 1.64. The third-order valence-electron chi connectivity index (χ3n) is 2.43. The van der Waals surface area contributed by atoms with Gasteiger partial charge in [0.2, 0.25) is 0 Å². The van der Waals surface area contributed by atoms with Crippen molar-refractivity contribution in [3.8, 4) is 6.07 Å². The number of nitriles is 1. The predicted molar refractivity (Wildman–Crippen MR) is 76.9 cm³/mol. The molecule has 0 unspecified atom stereocenters. The van der Waals surface area contributed by atoms with Crippen LogP contribution in [0.3, 0.4) is 0 Å². The molecule has 21 heavy (non-hydrogen) atoms. The second-order valence-electron chi connectivity index (χ2n) is 5.29. The van der Waals surface area contributed by atoms with Gasteiger partial charge in [0, 0.05) is 12.6 Å². The number of hydrogen-bond donors (Lipinski definition) is 0. The largest absolute Gasteiger partial charge is 0.443 e. The first-order chi connectivity index (χ1) is 9.76. The number of nitro benzene ring substituents is 1. The molecule has 0 fully saturated rings. The highest BCUT2D eigenvalue weighted by molar-refractivity contribution is 5.90. The number of nitro groups is 1. The van der Waals surface area contributed by atoms with Gasteiger partial charge in [0.25, 0.3) is 5.69 Å². The number of anilines is 1. The minimum absolute atomic E-state index is 0.0241. The van der Waals surface area contributed by atoms with Crippen LogP contribution in [0.2, 0.25) is 0 Å². The van der Waals surface area contributed by atoms with E-state index in [9.17, 15) is 14.9 Å². The lowest BCUT2D eigenvalue weighted by Crippen LogP contribution is -2.37. The number of hydrogen-bond acceptors (Lipinski definition) is 5. The van der Waals surface area contributed by atoms with Crippen molar-refractivity contribution in [3.05, 3.63) is 34.4 Å². The van der Waals surface area contributed by atoms with E-state index in [0.717, 1.165) is 4.90 Å². The predicted octanol–water partition coefficient (Wildman–Crippen LogP) is 3.25. The summed E-state index contributed by atoms with van der Waals surface area (Å²) in [5.41, 5.74) is -0.820. The summed E-state index contributed by atoms with van der Waals surface area (Å²) in [7, 11) is 0. The zero-order chi connectivity index (χ0) is 16.0. The van der Waals surface area contributed by atoms with Crippen LogP contribution < -0.4 is 4.90 Å². The molecule has 0 saturated carbocycles. The first-order valence-corrected chi connectivity index (χ1v) is 6.37. The maximum atomic E-state index is 12.2. The van der Waals surface area contributed by atoms with Gasteiger partial charge in [-0.3, -0.25) is 15.0 Å². The van der Waals surface area contributed by atoms with Gasteiger partial charge in [0.15, 0.2) is 0 Å². The summed E-state index contributed by atoms with van der Waals surface area (Å²) in [5, 5.41) is 19.8. The lowest BCUT2D eigenvalue weighted by molar-refractivity contribution is -0.384. The number of amides is 1. The van der Waals surface area contributed by atoms with Crippen molar-refractivity contribution in [1.82, 2.24) is 0 Å². The average Bonchev–Trinajstić information content (AvgIpc) is 2.37. The molecular weight excluding hydrogens is 274 g/mol. The van der Waals surface area contributed by atoms with Gasteiger partial charge in [0.05, 0.1) is 17.4 Å². The van der Waals surface area contributed by atoms with E-state index in [1.54, 1.807) is 26.8 Å². The first kappa shape index (κ1) is 16.4. The number of rotatable bonds is 4. The third-order valence-corrected chi connectivity index (χ3v) is 2.43. The van der Waals surface area contributed by atoms with Crippen molar-refractivity contribution in [2.75, 3.05) is 11.4 Å². The van der Waals surface area contributed by atoms with E-state index in [0.29, 0.717) is 0 Å². The number of carbonyl (C=O) groups excluding carboxylic acids is 1. The topological polar surface area (TPSA) is 96.5 Å². The van der Waals surface area contributed by atoms with Gasteiger partial charge in [-0.05, 0) is 26.8 Å². The fourth-order valence-electron chi connectivity index (χ4n) is 1.64. The average molecular weight is 291 g/mol. The van der Waals surface area contributed by atoms with Crippen LogP contribution in [0.25, 0.3) is 0 Å². The molecule has 0 bridgehead atoms. The minimum Gasteiger partial charge on any atom is -0.443 e. The summed E-state index contributed by atoms with van der Waals surface area (Å²) in [6.45, 7) is 5.13. The van der Waals surface area contributed by atoms with Crippen LogP contribution in [-0.2, 0) is 4.74 Å². The van der Waals surface area contributed by atoms with E-state index in [1.807, 2.05) is 6.07 Å². The SMILES string of the molecule is CC(C)(C)OC(=O)N(CCC#N)c1ccccc1[N+](=O)[O-]. The molecule has 0 saturated heterocycles. The summed E-state index contributed by atoms with van der Waals surface area (Å²) in [5.74, 6) is 0. The number of nitrogens with zero attached hydrogens (tertiary/aromatic N) is 3. The van der Waals surface area contributed by atoms with Crippen LogP contribution >= 0.6 is 0 Å². The molecule has 112 valence electrons. The van der Waals surface area contributed by atoms with E-state index >= 15 is 0 Å². The summed E-state index contributed by atoms with van der Waals surface area (Å²) in [6.07, 6.45) is -0.669. The van der Waals surface area contributed by atoms with Crippen molar-refractivity contribution in [1.29, 1.82) is 5.26 Å². The van der Waals surface area contributed by atoms with Gasteiger partial charge in [0.1, 0.15) is 11.3 Å². The molecule has 7 nitrogen and oxygen atoms in total. The lowest BCUT2D eigenvalue weighted by Gasteiger charge is -2.26. The van der Waals surface area contributed by atoms with Gasteiger partial charge in [-0.15, -0.1) is 0 Å². The number of para-hydroxylation sites is 2. The van der Waals surface area contributed by atoms with Crippen molar-refractivity contribution in [3.63, 3.8) is 0 Å². The van der Waals surface area contributed by atoms with E-state index in [-0.39, 0.29) is 24.3 Å². The molecule has 0 aromatic heterocycles. The van der Waals surface area contributed by atoms with Crippen LogP contribution in [0.5, 0.6) is 0 Å². The number of carbonyl (C=O) groups is 1. The Labute approximate surface area is 122 Å². The summed E-state index contributed by atoms with van der Waals surface area (Å²) in [4.78, 5) is 23.8. The summed E-state index contributed by atoms with van der Waals surface area (Å²) in [6, 6.07) is 7.78. The fraction of sp³-hybridized carbons (Fsp3) is 0.429. The molecule has 0 aliphatic carbocycles. The van der Waals surface area contributed by atoms with Gasteiger partial charge in [-0.1, -0.05) is 12.1 Å². The van der Waals surface area contributed by atoms with Crippen molar-refractivity contribution in [2.24, 2.45) is 0 Å². The summed E-state index contributed by atoms with van der Waals surface area (Å²) >= 11 is 0. The monoisotopic (exact) mass is 291 g/mol. The molecule has 1 rings (SSSR count). The summed E-state index contributed by atoms with van der Waals surface area (Å²) < 4.78 is 5.24. The molecule has 0 atom stereocenters. The number of ether oxygens (including phenoxy) is 1. The van der Waals surface area contributed by atoms with E-state index in [2.05, 4.69) is 0 Å². The van der Waals surface area contributed by atoms with Crippen molar-refractivity contribution in [2.45, 2.75) is 32.8 Å². The van der Waals surface area contributed by atoms with Crippen LogP contribution in [0.15, 0.2) is 24.3 Å². The smallest absolute Gasteiger partial charge is 0.415 e. The van der Waals surface area contributed by atoms with E-state index < -0.39 is 16.6 Å². The molecule has 1 aromatic carbocycles. The first-order valence-electron chi connectivity index (χ1n) is 6.37. The van der Waals surface area contributed by atoms with Gasteiger partial charge >= 0.3 is 6.09 Å². The van der Waals surface area contributed by atoms with Gasteiger partial charge in [-0.25, -0.2) is 4.79 Å². The highest BCUT2D eigenvalue weighted by atomic mass is 16.6. The van der Waals surface area contributed by atoms with Crippen molar-refractivity contribution < 1.29 is 14.5 Å². The lowest BCUT2D eigenvalue weighted by atomic mass is 10.2. The van der Waals surface area contributed by atoms with Crippen LogP contribution in [0.1, 0.15) is 27.2 Å². The van der Waals surface area contributed by atoms with Crippen LogP contribution in [0, 0.1) is 21.4 Å².